The van der Waals surface area contributed by atoms with Gasteiger partial charge in [0.2, 0.25) is 0 Å². The van der Waals surface area contributed by atoms with E-state index in [1.165, 1.54) is 5.56 Å². The molecule has 0 atom stereocenters. The summed E-state index contributed by atoms with van der Waals surface area (Å²) in [5.41, 5.74) is 3.87. The van der Waals surface area contributed by atoms with Crippen molar-refractivity contribution in [1.82, 2.24) is 24.4 Å². The van der Waals surface area contributed by atoms with E-state index in [9.17, 15) is 9.59 Å². The maximum atomic E-state index is 13.0. The van der Waals surface area contributed by atoms with Crippen molar-refractivity contribution in [3.8, 4) is 0 Å². The summed E-state index contributed by atoms with van der Waals surface area (Å²) in [6.45, 7) is 5.34. The maximum absolute atomic E-state index is 13.0. The Hall–Kier alpha value is -3.45. The lowest BCUT2D eigenvalue weighted by atomic mass is 10.0. The highest BCUT2D eigenvalue weighted by Crippen LogP contribution is 2.18. The van der Waals surface area contributed by atoms with Crippen molar-refractivity contribution < 1.29 is 4.79 Å². The molecule has 4 aromatic rings. The molecular formula is C25H27N5O2. The Morgan fingerprint density at radius 2 is 1.81 bits per heavy atom. The summed E-state index contributed by atoms with van der Waals surface area (Å²) >= 11 is 0. The van der Waals surface area contributed by atoms with E-state index in [4.69, 9.17) is 0 Å². The number of carbonyl (C=O) groups is 1. The molecule has 0 unspecified atom stereocenters. The molecule has 1 fully saturated rings. The second kappa shape index (κ2) is 8.59. The SMILES string of the molecule is CCn1c(=O)c2ccnn2c2ccc(C(=O)NC3CCN(Cc4ccccc4)CC3)cc21. The van der Waals surface area contributed by atoms with Gasteiger partial charge < -0.3 is 9.88 Å². The number of aryl methyl sites for hydroxylation is 1. The average Bonchev–Trinajstić information content (AvgIpc) is 3.32. The summed E-state index contributed by atoms with van der Waals surface area (Å²) in [7, 11) is 0. The molecule has 0 aliphatic carbocycles. The Labute approximate surface area is 186 Å². The number of rotatable bonds is 5. The van der Waals surface area contributed by atoms with Gasteiger partial charge in [0.15, 0.2) is 0 Å². The number of likely N-dealkylation sites (tertiary alicyclic amines) is 1. The van der Waals surface area contributed by atoms with Crippen LogP contribution < -0.4 is 10.9 Å². The van der Waals surface area contributed by atoms with Gasteiger partial charge in [0.25, 0.3) is 11.5 Å². The maximum Gasteiger partial charge on any atom is 0.277 e. The molecule has 7 heteroatoms. The van der Waals surface area contributed by atoms with Gasteiger partial charge in [-0.05, 0) is 49.6 Å². The lowest BCUT2D eigenvalue weighted by Gasteiger charge is -2.32. The van der Waals surface area contributed by atoms with E-state index in [0.29, 0.717) is 17.6 Å². The van der Waals surface area contributed by atoms with Crippen molar-refractivity contribution in [2.45, 2.75) is 38.9 Å². The third-order valence-corrected chi connectivity index (χ3v) is 6.35. The van der Waals surface area contributed by atoms with Gasteiger partial charge >= 0.3 is 0 Å². The van der Waals surface area contributed by atoms with Gasteiger partial charge in [-0.25, -0.2) is 4.52 Å². The summed E-state index contributed by atoms with van der Waals surface area (Å²) in [6, 6.07) is 17.9. The number of hydrogen-bond donors (Lipinski definition) is 1. The molecule has 0 saturated carbocycles. The molecule has 164 valence electrons. The molecule has 1 N–H and O–H groups in total. The van der Waals surface area contributed by atoms with E-state index >= 15 is 0 Å². The Bertz CT molecular complexity index is 1320. The van der Waals surface area contributed by atoms with E-state index in [0.717, 1.165) is 43.5 Å². The van der Waals surface area contributed by atoms with Gasteiger partial charge in [0.05, 0.1) is 17.2 Å². The molecular weight excluding hydrogens is 402 g/mol. The molecule has 5 rings (SSSR count). The zero-order valence-corrected chi connectivity index (χ0v) is 18.2. The number of amides is 1. The van der Waals surface area contributed by atoms with Gasteiger partial charge in [-0.2, -0.15) is 5.10 Å². The van der Waals surface area contributed by atoms with Gasteiger partial charge in [-0.3, -0.25) is 14.5 Å². The first-order valence-corrected chi connectivity index (χ1v) is 11.2. The number of piperidine rings is 1. The lowest BCUT2D eigenvalue weighted by molar-refractivity contribution is 0.0909. The molecule has 1 aliphatic rings. The first-order valence-electron chi connectivity index (χ1n) is 11.2. The quantitative estimate of drug-likeness (QED) is 0.529. The van der Waals surface area contributed by atoms with Gasteiger partial charge in [-0.1, -0.05) is 30.3 Å². The number of benzene rings is 2. The second-order valence-corrected chi connectivity index (χ2v) is 8.39. The highest BCUT2D eigenvalue weighted by atomic mass is 16.1. The van der Waals surface area contributed by atoms with Crippen LogP contribution in [-0.2, 0) is 13.1 Å². The van der Waals surface area contributed by atoms with Crippen molar-refractivity contribution >= 4 is 22.5 Å². The Morgan fingerprint density at radius 1 is 1.03 bits per heavy atom. The van der Waals surface area contributed by atoms with E-state index in [1.807, 2.05) is 25.1 Å². The predicted octanol–water partition coefficient (Wildman–Crippen LogP) is 3.06. The summed E-state index contributed by atoms with van der Waals surface area (Å²) in [4.78, 5) is 28.2. The van der Waals surface area contributed by atoms with Crippen LogP contribution in [0.4, 0.5) is 0 Å². The fourth-order valence-electron chi connectivity index (χ4n) is 4.62. The Balaban J connectivity index is 1.30. The smallest absolute Gasteiger partial charge is 0.277 e. The molecule has 0 spiro atoms. The zero-order valence-electron chi connectivity index (χ0n) is 18.2. The minimum Gasteiger partial charge on any atom is -0.349 e. The molecule has 3 heterocycles. The van der Waals surface area contributed by atoms with Crippen LogP contribution in [0.2, 0.25) is 0 Å². The second-order valence-electron chi connectivity index (χ2n) is 8.39. The van der Waals surface area contributed by atoms with Gasteiger partial charge in [0, 0.05) is 37.8 Å². The largest absolute Gasteiger partial charge is 0.349 e. The fourth-order valence-corrected chi connectivity index (χ4v) is 4.62. The van der Waals surface area contributed by atoms with Crippen molar-refractivity contribution in [2.75, 3.05) is 13.1 Å². The number of aromatic nitrogens is 3. The molecule has 1 saturated heterocycles. The minimum absolute atomic E-state index is 0.0935. The molecule has 32 heavy (non-hydrogen) atoms. The summed E-state index contributed by atoms with van der Waals surface area (Å²) in [5, 5.41) is 7.48. The van der Waals surface area contributed by atoms with Crippen LogP contribution in [0.15, 0.2) is 65.6 Å². The average molecular weight is 430 g/mol. The zero-order chi connectivity index (χ0) is 22.1. The van der Waals surface area contributed by atoms with Crippen LogP contribution >= 0.6 is 0 Å². The highest BCUT2D eigenvalue weighted by Gasteiger charge is 2.22. The van der Waals surface area contributed by atoms with Crippen LogP contribution in [0.25, 0.3) is 16.6 Å². The third-order valence-electron chi connectivity index (χ3n) is 6.35. The third kappa shape index (κ3) is 3.80. The number of nitrogens with one attached hydrogen (secondary N) is 1. The van der Waals surface area contributed by atoms with E-state index in [1.54, 1.807) is 27.4 Å². The van der Waals surface area contributed by atoms with Gasteiger partial charge in [-0.15, -0.1) is 0 Å². The molecule has 2 aromatic carbocycles. The van der Waals surface area contributed by atoms with Crippen LogP contribution in [0.5, 0.6) is 0 Å². The van der Waals surface area contributed by atoms with Crippen LogP contribution in [0.3, 0.4) is 0 Å². The first kappa shape index (κ1) is 20.5. The Morgan fingerprint density at radius 3 is 2.56 bits per heavy atom. The molecule has 1 aliphatic heterocycles. The lowest BCUT2D eigenvalue weighted by Crippen LogP contribution is -2.44. The van der Waals surface area contributed by atoms with Crippen molar-refractivity contribution in [3.05, 3.63) is 82.3 Å². The number of nitrogens with zero attached hydrogens (tertiary/aromatic N) is 4. The first-order chi connectivity index (χ1) is 15.6. The summed E-state index contributed by atoms with van der Waals surface area (Å²) in [5.74, 6) is -0.0935. The molecule has 2 aromatic heterocycles. The normalized spacial score (nSPS) is 15.4. The number of carbonyl (C=O) groups excluding carboxylic acids is 1. The molecule has 1 amide bonds. The van der Waals surface area contributed by atoms with Crippen LogP contribution in [0, 0.1) is 0 Å². The summed E-state index contributed by atoms with van der Waals surface area (Å²) < 4.78 is 3.35. The Kier molecular flexibility index (Phi) is 5.49. The molecule has 7 nitrogen and oxygen atoms in total. The van der Waals surface area contributed by atoms with E-state index < -0.39 is 0 Å². The van der Waals surface area contributed by atoms with Gasteiger partial charge in [0.1, 0.15) is 5.52 Å². The fraction of sp³-hybridized carbons (Fsp3) is 0.320. The van der Waals surface area contributed by atoms with E-state index in [-0.39, 0.29) is 17.5 Å². The number of fused-ring (bicyclic) bond motifs is 3. The number of hydrogen-bond acceptors (Lipinski definition) is 4. The van der Waals surface area contributed by atoms with Crippen LogP contribution in [-0.4, -0.2) is 44.1 Å². The monoisotopic (exact) mass is 429 g/mol. The molecule has 0 radical (unpaired) electrons. The highest BCUT2D eigenvalue weighted by molar-refractivity contribution is 5.97. The van der Waals surface area contributed by atoms with Crippen molar-refractivity contribution in [1.29, 1.82) is 0 Å². The summed E-state index contributed by atoms with van der Waals surface area (Å²) in [6.07, 6.45) is 3.49. The van der Waals surface area contributed by atoms with E-state index in [2.05, 4.69) is 39.6 Å². The predicted molar refractivity (Wildman–Crippen MR) is 125 cm³/mol. The minimum atomic E-state index is -0.0964. The topological polar surface area (TPSA) is 71.6 Å². The van der Waals surface area contributed by atoms with Crippen molar-refractivity contribution in [2.24, 2.45) is 0 Å². The van der Waals surface area contributed by atoms with Crippen molar-refractivity contribution in [3.63, 3.8) is 0 Å². The van der Waals surface area contributed by atoms with Crippen LogP contribution in [0.1, 0.15) is 35.7 Å². The standard InChI is InChI=1S/C25H27N5O2/c1-2-29-23-16-19(8-9-21(23)30-22(25(29)32)10-13-26-30)24(31)27-20-11-14-28(15-12-20)17-18-6-4-3-5-7-18/h3-10,13,16,20H,2,11-12,14-15,17H2,1H3,(H,27,31). The molecule has 0 bridgehead atoms.